The van der Waals surface area contributed by atoms with E-state index >= 15 is 0 Å². The van der Waals surface area contributed by atoms with Gasteiger partial charge in [-0.1, -0.05) is 6.07 Å². The van der Waals surface area contributed by atoms with E-state index in [1.165, 1.54) is 0 Å². The van der Waals surface area contributed by atoms with E-state index in [0.717, 1.165) is 29.1 Å². The van der Waals surface area contributed by atoms with Crippen molar-refractivity contribution in [2.24, 2.45) is 5.92 Å². The Balaban J connectivity index is 1.56. The van der Waals surface area contributed by atoms with Crippen molar-refractivity contribution in [3.63, 3.8) is 0 Å². The highest BCUT2D eigenvalue weighted by Crippen LogP contribution is 2.39. The molecule has 1 aromatic rings. The first-order chi connectivity index (χ1) is 10.7. The summed E-state index contributed by atoms with van der Waals surface area (Å²) in [5, 5.41) is 3.27. The van der Waals surface area contributed by atoms with Crippen LogP contribution in [-0.4, -0.2) is 18.3 Å². The molecule has 1 fully saturated rings. The predicted molar refractivity (Wildman–Crippen MR) is 80.0 cm³/mol. The van der Waals surface area contributed by atoms with Crippen LogP contribution >= 0.6 is 0 Å². The fourth-order valence-corrected chi connectivity index (χ4v) is 3.24. The summed E-state index contributed by atoms with van der Waals surface area (Å²) in [7, 11) is 0. The van der Waals surface area contributed by atoms with Crippen LogP contribution in [0.2, 0.25) is 0 Å². The molecule has 1 amide bonds. The van der Waals surface area contributed by atoms with Crippen LogP contribution in [0.15, 0.2) is 30.0 Å². The number of benzene rings is 1. The van der Waals surface area contributed by atoms with Crippen LogP contribution in [-0.2, 0) is 9.59 Å². The van der Waals surface area contributed by atoms with Gasteiger partial charge in [0.2, 0.25) is 5.91 Å². The Bertz CT molecular complexity index is 683. The van der Waals surface area contributed by atoms with Gasteiger partial charge in [0.15, 0.2) is 5.78 Å². The van der Waals surface area contributed by atoms with Crippen LogP contribution < -0.4 is 20.9 Å². The molecule has 2 aliphatic heterocycles. The Labute approximate surface area is 127 Å². The van der Waals surface area contributed by atoms with E-state index in [1.54, 1.807) is 6.08 Å². The number of rotatable bonds is 2. The van der Waals surface area contributed by atoms with E-state index in [-0.39, 0.29) is 23.7 Å². The van der Waals surface area contributed by atoms with Gasteiger partial charge in [0, 0.05) is 47.8 Å². The minimum absolute atomic E-state index is 0.00410. The van der Waals surface area contributed by atoms with Crippen LogP contribution in [0.5, 0.6) is 5.75 Å². The van der Waals surface area contributed by atoms with Gasteiger partial charge in [-0.15, -0.1) is 0 Å². The lowest BCUT2D eigenvalue weighted by molar-refractivity contribution is -0.126. The third-order valence-corrected chi connectivity index (χ3v) is 4.37. The van der Waals surface area contributed by atoms with Crippen molar-refractivity contribution in [1.82, 2.24) is 10.9 Å². The van der Waals surface area contributed by atoms with Gasteiger partial charge in [0.05, 0.1) is 12.6 Å². The minimum Gasteiger partial charge on any atom is -0.493 e. The van der Waals surface area contributed by atoms with E-state index < -0.39 is 0 Å². The summed E-state index contributed by atoms with van der Waals surface area (Å²) in [4.78, 5) is 22.7. The number of hydrogen-bond acceptors (Lipinski definition) is 5. The second-order valence-electron chi connectivity index (χ2n) is 5.96. The van der Waals surface area contributed by atoms with Crippen LogP contribution in [0.3, 0.4) is 0 Å². The standard InChI is InChI=1S/C16H17N3O3/c20-12-3-1-10(6-12)17-11-2-4-13-14(7-11)22-8-9-5-15(21)18-19-16(9)13/h2,4,6-7,9,16-17,19H,1,3,5,8H2,(H,18,21). The first kappa shape index (κ1) is 13.3. The smallest absolute Gasteiger partial charge is 0.234 e. The average Bonchev–Trinajstić information content (AvgIpc) is 2.91. The molecule has 2 heterocycles. The van der Waals surface area contributed by atoms with Gasteiger partial charge in [0.25, 0.3) is 0 Å². The molecule has 6 nitrogen and oxygen atoms in total. The molecule has 114 valence electrons. The van der Waals surface area contributed by atoms with Gasteiger partial charge in [0.1, 0.15) is 5.75 Å². The molecule has 22 heavy (non-hydrogen) atoms. The fraction of sp³-hybridized carbons (Fsp3) is 0.375. The maximum Gasteiger partial charge on any atom is 0.234 e. The molecule has 0 bridgehead atoms. The number of allylic oxidation sites excluding steroid dienone is 2. The van der Waals surface area contributed by atoms with Crippen molar-refractivity contribution in [3.8, 4) is 5.75 Å². The lowest BCUT2D eigenvalue weighted by Gasteiger charge is -2.37. The maximum atomic E-state index is 11.4. The molecule has 2 unspecified atom stereocenters. The number of ether oxygens (including phenoxy) is 1. The molecule has 0 aromatic heterocycles. The lowest BCUT2D eigenvalue weighted by Crippen LogP contribution is -2.51. The van der Waals surface area contributed by atoms with Gasteiger partial charge in [-0.3, -0.25) is 15.0 Å². The number of nitrogens with one attached hydrogen (secondary N) is 3. The Morgan fingerprint density at radius 1 is 1.23 bits per heavy atom. The van der Waals surface area contributed by atoms with Crippen molar-refractivity contribution in [2.75, 3.05) is 11.9 Å². The molecule has 0 spiro atoms. The Hall–Kier alpha value is -2.34. The number of carbonyl (C=O) groups is 2. The zero-order valence-corrected chi connectivity index (χ0v) is 12.0. The number of anilines is 1. The normalized spacial score (nSPS) is 26.5. The summed E-state index contributed by atoms with van der Waals surface area (Å²) in [6.45, 7) is 0.530. The van der Waals surface area contributed by atoms with Gasteiger partial charge >= 0.3 is 0 Å². The first-order valence-corrected chi connectivity index (χ1v) is 7.50. The molecular formula is C16H17N3O3. The Morgan fingerprint density at radius 2 is 2.14 bits per heavy atom. The van der Waals surface area contributed by atoms with Crippen LogP contribution in [0.25, 0.3) is 0 Å². The summed E-state index contributed by atoms with van der Waals surface area (Å²) in [6.07, 6.45) is 3.48. The van der Waals surface area contributed by atoms with Crippen molar-refractivity contribution < 1.29 is 14.3 Å². The van der Waals surface area contributed by atoms with E-state index in [1.807, 2.05) is 18.2 Å². The molecule has 6 heteroatoms. The number of hydrogen-bond donors (Lipinski definition) is 3. The highest BCUT2D eigenvalue weighted by Gasteiger charge is 2.35. The zero-order chi connectivity index (χ0) is 15.1. The van der Waals surface area contributed by atoms with Gasteiger partial charge in [-0.05, 0) is 12.5 Å². The second-order valence-corrected chi connectivity index (χ2v) is 5.96. The van der Waals surface area contributed by atoms with E-state index in [4.69, 9.17) is 4.74 Å². The van der Waals surface area contributed by atoms with Gasteiger partial charge < -0.3 is 10.1 Å². The summed E-state index contributed by atoms with van der Waals surface area (Å²) in [5.74, 6) is 1.15. The molecule has 1 aromatic carbocycles. The van der Waals surface area contributed by atoms with Crippen LogP contribution in [0.4, 0.5) is 5.69 Å². The average molecular weight is 299 g/mol. The largest absolute Gasteiger partial charge is 0.493 e. The molecule has 4 rings (SSSR count). The van der Waals surface area contributed by atoms with Gasteiger partial charge in [-0.25, -0.2) is 5.43 Å². The Morgan fingerprint density at radius 3 is 2.95 bits per heavy atom. The molecule has 1 saturated heterocycles. The first-order valence-electron chi connectivity index (χ1n) is 7.50. The van der Waals surface area contributed by atoms with Crippen molar-refractivity contribution in [3.05, 3.63) is 35.5 Å². The number of hydrazine groups is 1. The monoisotopic (exact) mass is 299 g/mol. The van der Waals surface area contributed by atoms with E-state index in [2.05, 4.69) is 16.2 Å². The SMILES string of the molecule is O=C1C=C(Nc2ccc3c(c2)OCC2CC(=O)NNC32)CC1. The number of amides is 1. The molecule has 2 atom stereocenters. The molecule has 3 aliphatic rings. The second kappa shape index (κ2) is 5.14. The van der Waals surface area contributed by atoms with Crippen LogP contribution in [0, 0.1) is 5.92 Å². The summed E-state index contributed by atoms with van der Waals surface area (Å²) in [5.41, 5.74) is 8.68. The predicted octanol–water partition coefficient (Wildman–Crippen LogP) is 1.42. The molecule has 0 radical (unpaired) electrons. The minimum atomic E-state index is 0.00410. The van der Waals surface area contributed by atoms with Crippen molar-refractivity contribution in [1.29, 1.82) is 0 Å². The van der Waals surface area contributed by atoms with Gasteiger partial charge in [-0.2, -0.15) is 0 Å². The molecule has 3 N–H and O–H groups in total. The quantitative estimate of drug-likeness (QED) is 0.769. The third kappa shape index (κ3) is 2.35. The maximum absolute atomic E-state index is 11.4. The fourth-order valence-electron chi connectivity index (χ4n) is 3.24. The summed E-state index contributed by atoms with van der Waals surface area (Å²) < 4.78 is 5.82. The van der Waals surface area contributed by atoms with E-state index in [0.29, 0.717) is 19.4 Å². The molecule has 0 saturated carbocycles. The molecule has 1 aliphatic carbocycles. The summed E-state index contributed by atoms with van der Waals surface area (Å²) >= 11 is 0. The highest BCUT2D eigenvalue weighted by atomic mass is 16.5. The zero-order valence-electron chi connectivity index (χ0n) is 12.0. The highest BCUT2D eigenvalue weighted by molar-refractivity contribution is 5.93. The van der Waals surface area contributed by atoms with E-state index in [9.17, 15) is 9.59 Å². The number of carbonyl (C=O) groups excluding carboxylic acids is 2. The topological polar surface area (TPSA) is 79.5 Å². The molecular weight excluding hydrogens is 282 g/mol. The lowest BCUT2D eigenvalue weighted by atomic mass is 9.87. The summed E-state index contributed by atoms with van der Waals surface area (Å²) in [6, 6.07) is 6.03. The number of ketones is 1. The van der Waals surface area contributed by atoms with Crippen molar-refractivity contribution in [2.45, 2.75) is 25.3 Å². The number of fused-ring (bicyclic) bond motifs is 3. The van der Waals surface area contributed by atoms with Crippen LogP contribution in [0.1, 0.15) is 30.9 Å². The van der Waals surface area contributed by atoms with Crippen molar-refractivity contribution >= 4 is 17.4 Å². The third-order valence-electron chi connectivity index (χ3n) is 4.37. The Kier molecular flexibility index (Phi) is 3.11.